The van der Waals surface area contributed by atoms with Gasteiger partial charge in [-0.1, -0.05) is 0 Å². The predicted molar refractivity (Wildman–Crippen MR) is 57.1 cm³/mol. The lowest BCUT2D eigenvalue weighted by Gasteiger charge is -2.20. The molecule has 1 rings (SSSR count). The van der Waals surface area contributed by atoms with E-state index in [9.17, 15) is 0 Å². The Kier molecular flexibility index (Phi) is 3.81. The SMILES string of the molecule is CC(C)(C)NCCCn1cnc(C#N)n1. The van der Waals surface area contributed by atoms with Crippen LogP contribution in [0.15, 0.2) is 6.33 Å². The molecule has 1 N–H and O–H groups in total. The van der Waals surface area contributed by atoms with Gasteiger partial charge in [0, 0.05) is 12.1 Å². The van der Waals surface area contributed by atoms with E-state index in [1.165, 1.54) is 0 Å². The second kappa shape index (κ2) is 4.89. The summed E-state index contributed by atoms with van der Waals surface area (Å²) in [5, 5.41) is 15.9. The molecule has 1 aromatic heterocycles. The van der Waals surface area contributed by atoms with Crippen LogP contribution < -0.4 is 5.32 Å². The van der Waals surface area contributed by atoms with Crippen LogP contribution in [0.2, 0.25) is 0 Å². The molecular formula is C10H17N5. The molecule has 0 radical (unpaired) electrons. The lowest BCUT2D eigenvalue weighted by atomic mass is 10.1. The number of nitrogens with zero attached hydrogens (tertiary/aromatic N) is 4. The molecule has 0 saturated carbocycles. The number of rotatable bonds is 4. The maximum absolute atomic E-state index is 8.53. The Morgan fingerprint density at radius 3 is 2.80 bits per heavy atom. The quantitative estimate of drug-likeness (QED) is 0.746. The van der Waals surface area contributed by atoms with Gasteiger partial charge in [0.15, 0.2) is 0 Å². The van der Waals surface area contributed by atoms with E-state index < -0.39 is 0 Å². The fraction of sp³-hybridized carbons (Fsp3) is 0.700. The zero-order valence-corrected chi connectivity index (χ0v) is 9.49. The third kappa shape index (κ3) is 4.56. The van der Waals surface area contributed by atoms with E-state index in [1.54, 1.807) is 11.0 Å². The topological polar surface area (TPSA) is 66.5 Å². The zero-order valence-electron chi connectivity index (χ0n) is 9.49. The second-order valence-corrected chi connectivity index (χ2v) is 4.47. The molecule has 0 aromatic carbocycles. The molecular weight excluding hydrogens is 190 g/mol. The van der Waals surface area contributed by atoms with Gasteiger partial charge in [0.05, 0.1) is 0 Å². The van der Waals surface area contributed by atoms with Gasteiger partial charge in [0.2, 0.25) is 0 Å². The second-order valence-electron chi connectivity index (χ2n) is 4.47. The molecule has 0 bridgehead atoms. The first-order valence-corrected chi connectivity index (χ1v) is 5.06. The first kappa shape index (κ1) is 11.7. The summed E-state index contributed by atoms with van der Waals surface area (Å²) < 4.78 is 1.70. The van der Waals surface area contributed by atoms with Gasteiger partial charge in [-0.15, -0.1) is 5.10 Å². The smallest absolute Gasteiger partial charge is 0.252 e. The summed E-state index contributed by atoms with van der Waals surface area (Å²) in [6, 6.07) is 1.90. The van der Waals surface area contributed by atoms with Crippen LogP contribution in [-0.4, -0.2) is 26.8 Å². The number of nitriles is 1. The molecule has 0 unspecified atom stereocenters. The molecule has 0 spiro atoms. The van der Waals surface area contributed by atoms with Crippen LogP contribution in [0.25, 0.3) is 0 Å². The van der Waals surface area contributed by atoms with Crippen molar-refractivity contribution in [1.82, 2.24) is 20.1 Å². The lowest BCUT2D eigenvalue weighted by Crippen LogP contribution is -2.36. The van der Waals surface area contributed by atoms with E-state index in [2.05, 4.69) is 36.2 Å². The van der Waals surface area contributed by atoms with Crippen molar-refractivity contribution in [3.05, 3.63) is 12.2 Å². The van der Waals surface area contributed by atoms with E-state index in [0.717, 1.165) is 19.5 Å². The molecule has 0 fully saturated rings. The Bertz CT molecular complexity index is 341. The van der Waals surface area contributed by atoms with E-state index in [-0.39, 0.29) is 11.4 Å². The van der Waals surface area contributed by atoms with Crippen LogP contribution in [0.4, 0.5) is 0 Å². The average molecular weight is 207 g/mol. The van der Waals surface area contributed by atoms with Gasteiger partial charge in [-0.2, -0.15) is 5.26 Å². The summed E-state index contributed by atoms with van der Waals surface area (Å²) in [5.74, 6) is 0.235. The minimum absolute atomic E-state index is 0.153. The third-order valence-corrected chi connectivity index (χ3v) is 1.86. The van der Waals surface area contributed by atoms with E-state index >= 15 is 0 Å². The molecule has 1 heterocycles. The molecule has 1 aromatic rings. The van der Waals surface area contributed by atoms with E-state index in [0.29, 0.717) is 0 Å². The number of aryl methyl sites for hydroxylation is 1. The monoisotopic (exact) mass is 207 g/mol. The highest BCUT2D eigenvalue weighted by Gasteiger charge is 2.07. The van der Waals surface area contributed by atoms with Gasteiger partial charge in [0.1, 0.15) is 12.4 Å². The number of nitrogens with one attached hydrogen (secondary N) is 1. The Labute approximate surface area is 90.1 Å². The lowest BCUT2D eigenvalue weighted by molar-refractivity contribution is 0.409. The van der Waals surface area contributed by atoms with Gasteiger partial charge >= 0.3 is 0 Å². The summed E-state index contributed by atoms with van der Waals surface area (Å²) in [5.41, 5.74) is 0.153. The predicted octanol–water partition coefficient (Wildman–Crippen LogP) is 0.928. The van der Waals surface area contributed by atoms with Crippen LogP contribution in [0.1, 0.15) is 33.0 Å². The maximum Gasteiger partial charge on any atom is 0.252 e. The van der Waals surface area contributed by atoms with Crippen molar-refractivity contribution < 1.29 is 0 Å². The average Bonchev–Trinajstić information content (AvgIpc) is 2.59. The zero-order chi connectivity index (χ0) is 11.3. The standard InChI is InChI=1S/C10H17N5/c1-10(2,3)13-5-4-6-15-8-12-9(7-11)14-15/h8,13H,4-6H2,1-3H3. The number of hydrogen-bond acceptors (Lipinski definition) is 4. The number of hydrogen-bond donors (Lipinski definition) is 1. The minimum Gasteiger partial charge on any atom is -0.312 e. The first-order chi connectivity index (χ1) is 7.01. The molecule has 82 valence electrons. The van der Waals surface area contributed by atoms with Gasteiger partial charge in [0.25, 0.3) is 5.82 Å². The fourth-order valence-electron chi connectivity index (χ4n) is 1.16. The van der Waals surface area contributed by atoms with Crippen LogP contribution >= 0.6 is 0 Å². The first-order valence-electron chi connectivity index (χ1n) is 5.06. The normalized spacial score (nSPS) is 11.3. The van der Waals surface area contributed by atoms with E-state index in [1.807, 2.05) is 6.07 Å². The fourth-order valence-corrected chi connectivity index (χ4v) is 1.16. The Hall–Kier alpha value is -1.41. The van der Waals surface area contributed by atoms with Crippen molar-refractivity contribution in [2.75, 3.05) is 6.54 Å². The minimum atomic E-state index is 0.153. The molecule has 5 heteroatoms. The van der Waals surface area contributed by atoms with Crippen molar-refractivity contribution in [2.24, 2.45) is 0 Å². The molecule has 0 aliphatic heterocycles. The molecule has 5 nitrogen and oxygen atoms in total. The van der Waals surface area contributed by atoms with Crippen LogP contribution in [0, 0.1) is 11.3 Å². The summed E-state index contributed by atoms with van der Waals surface area (Å²) in [6.07, 6.45) is 2.57. The summed E-state index contributed by atoms with van der Waals surface area (Å²) in [4.78, 5) is 3.83. The van der Waals surface area contributed by atoms with Gasteiger partial charge < -0.3 is 5.32 Å². The van der Waals surface area contributed by atoms with Crippen molar-refractivity contribution in [1.29, 1.82) is 5.26 Å². The maximum atomic E-state index is 8.53. The van der Waals surface area contributed by atoms with Gasteiger partial charge in [-0.05, 0) is 33.7 Å². The molecule has 0 aliphatic carbocycles. The van der Waals surface area contributed by atoms with Crippen LogP contribution in [0.5, 0.6) is 0 Å². The summed E-state index contributed by atoms with van der Waals surface area (Å²) in [7, 11) is 0. The van der Waals surface area contributed by atoms with Crippen molar-refractivity contribution in [2.45, 2.75) is 39.3 Å². The summed E-state index contributed by atoms with van der Waals surface area (Å²) >= 11 is 0. The van der Waals surface area contributed by atoms with Crippen LogP contribution in [-0.2, 0) is 6.54 Å². The molecule has 0 amide bonds. The van der Waals surface area contributed by atoms with Crippen LogP contribution in [0.3, 0.4) is 0 Å². The van der Waals surface area contributed by atoms with Crippen molar-refractivity contribution in [3.8, 4) is 6.07 Å². The Balaban J connectivity index is 2.24. The highest BCUT2D eigenvalue weighted by molar-refractivity contribution is 5.05. The van der Waals surface area contributed by atoms with Gasteiger partial charge in [-0.3, -0.25) is 4.68 Å². The molecule has 0 atom stereocenters. The van der Waals surface area contributed by atoms with Crippen molar-refractivity contribution >= 4 is 0 Å². The highest BCUT2D eigenvalue weighted by atomic mass is 15.3. The Morgan fingerprint density at radius 2 is 2.27 bits per heavy atom. The van der Waals surface area contributed by atoms with E-state index in [4.69, 9.17) is 5.26 Å². The molecule has 15 heavy (non-hydrogen) atoms. The highest BCUT2D eigenvalue weighted by Crippen LogP contribution is 1.98. The molecule has 0 aliphatic rings. The largest absolute Gasteiger partial charge is 0.312 e. The Morgan fingerprint density at radius 1 is 1.53 bits per heavy atom. The van der Waals surface area contributed by atoms with Gasteiger partial charge in [-0.25, -0.2) is 4.98 Å². The van der Waals surface area contributed by atoms with Crippen molar-refractivity contribution in [3.63, 3.8) is 0 Å². The number of aromatic nitrogens is 3. The molecule has 0 saturated heterocycles. The summed E-state index contributed by atoms with van der Waals surface area (Å²) in [6.45, 7) is 8.13. The third-order valence-electron chi connectivity index (χ3n) is 1.86.